The lowest BCUT2D eigenvalue weighted by Gasteiger charge is -2.50. The van der Waals surface area contributed by atoms with Gasteiger partial charge in [-0.2, -0.15) is 0 Å². The minimum absolute atomic E-state index is 0.195. The van der Waals surface area contributed by atoms with Crippen LogP contribution in [0.3, 0.4) is 0 Å². The monoisotopic (exact) mass is 1190 g/mol. The molecule has 18 unspecified atom stereocenters. The van der Waals surface area contributed by atoms with Crippen LogP contribution in [0.25, 0.3) is 0 Å². The molecule has 3 aliphatic heterocycles. The van der Waals surface area contributed by atoms with E-state index in [0.29, 0.717) is 12.8 Å². The van der Waals surface area contributed by atoms with Gasteiger partial charge in [-0.1, -0.05) is 160 Å². The Hall–Kier alpha value is -2.79. The fraction of sp³-hybridized carbons (Fsp3) is 0.883. The van der Waals surface area contributed by atoms with Crippen molar-refractivity contribution in [1.82, 2.24) is 10.6 Å². The van der Waals surface area contributed by atoms with Crippen LogP contribution in [0, 0.1) is 0 Å². The van der Waals surface area contributed by atoms with Gasteiger partial charge in [-0.3, -0.25) is 9.59 Å². The Kier molecular flexibility index (Phi) is 37.8. The Balaban J connectivity index is 1.65. The number of hydrogen-bond donors (Lipinski definition) is 14. The fourth-order valence-electron chi connectivity index (χ4n) is 10.8. The summed E-state index contributed by atoms with van der Waals surface area (Å²) >= 11 is 0. The maximum atomic E-state index is 13.4. The number of aliphatic hydroxyl groups excluding tert-OH is 11. The predicted octanol–water partition coefficient (Wildman–Crippen LogP) is 3.33. The van der Waals surface area contributed by atoms with E-state index in [1.54, 1.807) is 6.08 Å². The van der Waals surface area contributed by atoms with E-state index >= 15 is 0 Å². The summed E-state index contributed by atoms with van der Waals surface area (Å²) < 4.78 is 34.7. The van der Waals surface area contributed by atoms with Gasteiger partial charge in [0.1, 0.15) is 67.1 Å². The summed E-state index contributed by atoms with van der Waals surface area (Å²) in [7, 11) is 0. The van der Waals surface area contributed by atoms with E-state index in [2.05, 4.69) is 36.6 Å². The summed E-state index contributed by atoms with van der Waals surface area (Å²) in [6.07, 6.45) is 8.14. The number of carbonyl (C=O) groups is 3. The number of carboxylic acid groups (broad SMARTS) is 1. The minimum Gasteiger partial charge on any atom is -0.477 e. The zero-order chi connectivity index (χ0) is 61.2. The first-order valence-corrected chi connectivity index (χ1v) is 31.2. The molecule has 0 aromatic heterocycles. The second-order valence-electron chi connectivity index (χ2n) is 22.9. The molecule has 0 aromatic carbocycles. The van der Waals surface area contributed by atoms with Crippen LogP contribution < -0.4 is 10.6 Å². The average Bonchev–Trinajstić information content (AvgIpc) is 3.62. The van der Waals surface area contributed by atoms with E-state index in [1.165, 1.54) is 83.5 Å². The normalized spacial score (nSPS) is 30.1. The highest BCUT2D eigenvalue weighted by Gasteiger charge is 2.60. The molecular formula is C60H108N2O21. The Morgan fingerprint density at radius 1 is 0.627 bits per heavy atom. The van der Waals surface area contributed by atoms with Crippen LogP contribution in [0.4, 0.5) is 0 Å². The number of allylic oxidation sites excluding steroid dienone is 3. The molecule has 23 heteroatoms. The highest BCUT2D eigenvalue weighted by molar-refractivity contribution is 5.77. The molecule has 2 amide bonds. The summed E-state index contributed by atoms with van der Waals surface area (Å²) in [6.45, 7) is 2.08. The number of carbonyl (C=O) groups excluding carboxylic acids is 2. The van der Waals surface area contributed by atoms with Gasteiger partial charge in [-0.15, -0.1) is 0 Å². The smallest absolute Gasteiger partial charge is 0.364 e. The van der Waals surface area contributed by atoms with Crippen LogP contribution in [-0.2, 0) is 42.8 Å². The number of aliphatic carboxylic acids is 1. The van der Waals surface area contributed by atoms with E-state index in [0.717, 1.165) is 77.6 Å². The molecular weight excluding hydrogens is 1080 g/mol. The molecule has 0 radical (unpaired) electrons. The molecule has 0 saturated carbocycles. The minimum atomic E-state index is -3.08. The van der Waals surface area contributed by atoms with Crippen molar-refractivity contribution in [3.05, 3.63) is 24.3 Å². The lowest BCUT2D eigenvalue weighted by Crippen LogP contribution is -2.70. The fourth-order valence-corrected chi connectivity index (χ4v) is 10.8. The Morgan fingerprint density at radius 2 is 1.13 bits per heavy atom. The number of nitrogens with one attached hydrogen (secondary N) is 2. The maximum Gasteiger partial charge on any atom is 0.364 e. The number of amides is 2. The van der Waals surface area contributed by atoms with E-state index in [4.69, 9.17) is 28.4 Å². The molecule has 0 bridgehead atoms. The summed E-state index contributed by atoms with van der Waals surface area (Å²) in [5, 5.41) is 135. The predicted molar refractivity (Wildman–Crippen MR) is 306 cm³/mol. The van der Waals surface area contributed by atoms with Crippen LogP contribution in [0.2, 0.25) is 0 Å². The van der Waals surface area contributed by atoms with Crippen molar-refractivity contribution in [2.45, 2.75) is 310 Å². The van der Waals surface area contributed by atoms with Gasteiger partial charge < -0.3 is 100 Å². The van der Waals surface area contributed by atoms with E-state index in [1.807, 2.05) is 6.08 Å². The third-order valence-electron chi connectivity index (χ3n) is 15.9. The molecule has 3 saturated heterocycles. The van der Waals surface area contributed by atoms with Gasteiger partial charge in [0.2, 0.25) is 11.8 Å². The summed E-state index contributed by atoms with van der Waals surface area (Å²) in [5.74, 6) is -6.15. The van der Waals surface area contributed by atoms with Crippen LogP contribution in [-0.4, -0.2) is 215 Å². The third-order valence-corrected chi connectivity index (χ3v) is 15.9. The number of aliphatic hydroxyl groups is 11. The summed E-state index contributed by atoms with van der Waals surface area (Å²) in [4.78, 5) is 38.4. The van der Waals surface area contributed by atoms with Gasteiger partial charge in [0.15, 0.2) is 12.6 Å². The standard InChI is InChI=1S/C60H108N2O21/c1-4-6-8-10-12-14-16-18-19-20-21-22-24-26-28-30-32-34-47(70)62-41(42(67)33-31-29-27-25-23-17-15-13-11-9-7-5-2)39-78-57-52(74)51(73)54(46(38-65)80-57)81-58-53(75)56(50(72)45(37-64)79-58)83-60(59(76)77)35-43(68)48(61-40(3)66)55(82-60)49(71)44(69)36-63/h18-19,31,33,41-46,48-58,63-65,67-69,71-75H,4-17,20-30,32,34-39H2,1-3H3,(H,61,66)(H,62,70)(H,76,77)/b19-18-,33-31+. The highest BCUT2D eigenvalue weighted by atomic mass is 16.8. The molecule has 0 spiro atoms. The molecule has 23 nitrogen and oxygen atoms in total. The molecule has 3 rings (SSSR count). The number of ether oxygens (including phenoxy) is 6. The molecule has 14 N–H and O–H groups in total. The Labute approximate surface area is 492 Å². The van der Waals surface area contributed by atoms with Crippen LogP contribution in [0.15, 0.2) is 24.3 Å². The van der Waals surface area contributed by atoms with Crippen LogP contribution >= 0.6 is 0 Å². The SMILES string of the molecule is CCCCCCCC/C=C\CCCCCCCCCC(=O)NC(COC1OC(CO)C(OC2OC(CO)C(O)C(OC3(C(=O)O)CC(O)C(NC(C)=O)C(C(O)C(O)CO)O3)C2O)C(O)C1O)C(O)/C=C/CCCCCCCCCCCC. The van der Waals surface area contributed by atoms with Crippen molar-refractivity contribution in [1.29, 1.82) is 0 Å². The van der Waals surface area contributed by atoms with Crippen molar-refractivity contribution in [2.75, 3.05) is 26.4 Å². The molecule has 0 aliphatic carbocycles. The maximum absolute atomic E-state index is 13.4. The topological polar surface area (TPSA) is 373 Å². The first kappa shape index (κ1) is 74.5. The quantitative estimate of drug-likeness (QED) is 0.0307. The first-order valence-electron chi connectivity index (χ1n) is 31.2. The molecule has 3 aliphatic rings. The third kappa shape index (κ3) is 26.2. The molecule has 0 aromatic rings. The number of hydrogen-bond acceptors (Lipinski definition) is 20. The average molecular weight is 1190 g/mol. The van der Waals surface area contributed by atoms with Gasteiger partial charge >= 0.3 is 5.97 Å². The Bertz CT molecular complexity index is 1800. The van der Waals surface area contributed by atoms with Crippen molar-refractivity contribution in [3.8, 4) is 0 Å². The highest BCUT2D eigenvalue weighted by Crippen LogP contribution is 2.38. The molecule has 484 valence electrons. The van der Waals surface area contributed by atoms with Gasteiger partial charge in [0.25, 0.3) is 5.79 Å². The van der Waals surface area contributed by atoms with Gasteiger partial charge in [0, 0.05) is 19.8 Å². The number of rotatable bonds is 45. The van der Waals surface area contributed by atoms with Crippen molar-refractivity contribution in [2.24, 2.45) is 0 Å². The first-order chi connectivity index (χ1) is 39.9. The van der Waals surface area contributed by atoms with Crippen molar-refractivity contribution >= 4 is 17.8 Å². The van der Waals surface area contributed by atoms with E-state index in [9.17, 15) is 75.7 Å². The van der Waals surface area contributed by atoms with Gasteiger partial charge in [0.05, 0.1) is 50.7 Å². The van der Waals surface area contributed by atoms with Crippen LogP contribution in [0.1, 0.15) is 201 Å². The van der Waals surface area contributed by atoms with Gasteiger partial charge in [-0.25, -0.2) is 4.79 Å². The molecule has 3 fully saturated rings. The van der Waals surface area contributed by atoms with E-state index < -0.39 is 155 Å². The number of unbranched alkanes of at least 4 members (excludes halogenated alkanes) is 23. The lowest BCUT2D eigenvalue weighted by molar-refractivity contribution is -0.386. The zero-order valence-electron chi connectivity index (χ0n) is 49.8. The second-order valence-corrected chi connectivity index (χ2v) is 22.9. The molecule has 3 heterocycles. The summed E-state index contributed by atoms with van der Waals surface area (Å²) in [6, 6.07) is -2.62. The molecule has 83 heavy (non-hydrogen) atoms. The van der Waals surface area contributed by atoms with E-state index in [-0.39, 0.29) is 12.3 Å². The van der Waals surface area contributed by atoms with Crippen LogP contribution in [0.5, 0.6) is 0 Å². The van der Waals surface area contributed by atoms with Crippen molar-refractivity contribution < 1.29 is 104 Å². The Morgan fingerprint density at radius 3 is 1.64 bits per heavy atom. The van der Waals surface area contributed by atoms with Gasteiger partial charge in [-0.05, 0) is 44.9 Å². The summed E-state index contributed by atoms with van der Waals surface area (Å²) in [5.41, 5.74) is 0. The number of carboxylic acids is 1. The van der Waals surface area contributed by atoms with Crippen molar-refractivity contribution in [3.63, 3.8) is 0 Å². The lowest BCUT2D eigenvalue weighted by atomic mass is 9.88. The zero-order valence-corrected chi connectivity index (χ0v) is 49.8. The largest absolute Gasteiger partial charge is 0.477 e. The molecule has 18 atom stereocenters. The second kappa shape index (κ2) is 42.2.